The Balaban J connectivity index is 1.53. The van der Waals surface area contributed by atoms with Gasteiger partial charge in [-0.3, -0.25) is 0 Å². The summed E-state index contributed by atoms with van der Waals surface area (Å²) in [6, 6.07) is 0. The average Bonchev–Trinajstić information content (AvgIpc) is 2.32. The molecule has 15 heavy (non-hydrogen) atoms. The Morgan fingerprint density at radius 1 is 0.800 bits per heavy atom. The third-order valence-corrected chi connectivity index (χ3v) is 4.93. The molecule has 0 aromatic rings. The standard InChI is InChI=1S/C10H18O4Se/c1-3-13-9(5-11-1)7-15-8-10-6-12-2-4-14-10/h9-10H,1-8H2. The molecular formula is C10H18O4Se. The molecule has 0 aromatic carbocycles. The van der Waals surface area contributed by atoms with Crippen molar-refractivity contribution in [3.05, 3.63) is 0 Å². The second kappa shape index (κ2) is 6.84. The van der Waals surface area contributed by atoms with Gasteiger partial charge < -0.3 is 0 Å². The third kappa shape index (κ3) is 4.39. The van der Waals surface area contributed by atoms with Gasteiger partial charge in [0.25, 0.3) is 0 Å². The Hall–Kier alpha value is 0.359. The van der Waals surface area contributed by atoms with Crippen molar-refractivity contribution in [1.29, 1.82) is 0 Å². The van der Waals surface area contributed by atoms with E-state index in [1.54, 1.807) is 0 Å². The van der Waals surface area contributed by atoms with Gasteiger partial charge in [0.15, 0.2) is 0 Å². The molecule has 2 unspecified atom stereocenters. The van der Waals surface area contributed by atoms with Crippen LogP contribution in [0.4, 0.5) is 0 Å². The average molecular weight is 281 g/mol. The summed E-state index contributed by atoms with van der Waals surface area (Å²) in [5.41, 5.74) is 0. The molecule has 88 valence electrons. The van der Waals surface area contributed by atoms with Gasteiger partial charge in [0.1, 0.15) is 0 Å². The number of hydrogen-bond acceptors (Lipinski definition) is 4. The molecule has 4 nitrogen and oxygen atoms in total. The monoisotopic (exact) mass is 282 g/mol. The summed E-state index contributed by atoms with van der Waals surface area (Å²) in [6.07, 6.45) is 0.645. The van der Waals surface area contributed by atoms with E-state index in [4.69, 9.17) is 18.9 Å². The fourth-order valence-electron chi connectivity index (χ4n) is 1.60. The fourth-order valence-corrected chi connectivity index (χ4v) is 3.79. The van der Waals surface area contributed by atoms with Gasteiger partial charge in [0, 0.05) is 0 Å². The first-order valence-electron chi connectivity index (χ1n) is 5.41. The zero-order chi connectivity index (χ0) is 10.3. The van der Waals surface area contributed by atoms with E-state index in [0.29, 0.717) is 27.2 Å². The van der Waals surface area contributed by atoms with Crippen LogP contribution in [0.3, 0.4) is 0 Å². The molecule has 0 spiro atoms. The van der Waals surface area contributed by atoms with Crippen molar-refractivity contribution in [3.8, 4) is 0 Å². The molecule has 2 fully saturated rings. The van der Waals surface area contributed by atoms with Crippen LogP contribution in [0.2, 0.25) is 10.6 Å². The third-order valence-electron chi connectivity index (χ3n) is 2.38. The van der Waals surface area contributed by atoms with Gasteiger partial charge >= 0.3 is 96.4 Å². The van der Waals surface area contributed by atoms with E-state index >= 15 is 0 Å². The quantitative estimate of drug-likeness (QED) is 0.697. The van der Waals surface area contributed by atoms with Gasteiger partial charge in [-0.2, -0.15) is 0 Å². The van der Waals surface area contributed by atoms with Crippen molar-refractivity contribution in [3.63, 3.8) is 0 Å². The van der Waals surface area contributed by atoms with Gasteiger partial charge in [-0.15, -0.1) is 0 Å². The maximum atomic E-state index is 5.59. The molecule has 0 aliphatic carbocycles. The summed E-state index contributed by atoms with van der Waals surface area (Å²) in [7, 11) is 0. The van der Waals surface area contributed by atoms with Crippen molar-refractivity contribution in [1.82, 2.24) is 0 Å². The first-order valence-corrected chi connectivity index (χ1v) is 7.84. The van der Waals surface area contributed by atoms with Gasteiger partial charge in [-0.05, 0) is 0 Å². The summed E-state index contributed by atoms with van der Waals surface area (Å²) < 4.78 is 21.9. The van der Waals surface area contributed by atoms with Crippen LogP contribution in [0.25, 0.3) is 0 Å². The summed E-state index contributed by atoms with van der Waals surface area (Å²) in [4.78, 5) is 0. The van der Waals surface area contributed by atoms with Crippen LogP contribution in [0.15, 0.2) is 0 Å². The van der Waals surface area contributed by atoms with Crippen molar-refractivity contribution in [2.45, 2.75) is 22.8 Å². The molecule has 2 heterocycles. The minimum atomic E-state index is 0.322. The van der Waals surface area contributed by atoms with E-state index in [9.17, 15) is 0 Å². The summed E-state index contributed by atoms with van der Waals surface area (Å²) >= 11 is 0.580. The van der Waals surface area contributed by atoms with Gasteiger partial charge in [0.2, 0.25) is 0 Å². The first-order chi connectivity index (χ1) is 7.45. The molecule has 5 heteroatoms. The Kier molecular flexibility index (Phi) is 5.39. The van der Waals surface area contributed by atoms with Crippen LogP contribution in [-0.2, 0) is 18.9 Å². The van der Waals surface area contributed by atoms with E-state index in [2.05, 4.69) is 0 Å². The first kappa shape index (κ1) is 11.8. The number of hydrogen-bond donors (Lipinski definition) is 0. The molecule has 0 bridgehead atoms. The Labute approximate surface area is 96.7 Å². The Morgan fingerprint density at radius 3 is 1.73 bits per heavy atom. The Morgan fingerprint density at radius 2 is 1.33 bits per heavy atom. The predicted octanol–water partition coefficient (Wildman–Crippen LogP) is 0.358. The van der Waals surface area contributed by atoms with E-state index in [1.807, 2.05) is 0 Å². The van der Waals surface area contributed by atoms with Gasteiger partial charge in [-0.25, -0.2) is 0 Å². The molecule has 0 aromatic heterocycles. The zero-order valence-electron chi connectivity index (χ0n) is 8.85. The molecule has 2 rings (SSSR count). The van der Waals surface area contributed by atoms with Crippen LogP contribution in [0.5, 0.6) is 0 Å². The number of ether oxygens (including phenoxy) is 4. The van der Waals surface area contributed by atoms with Crippen molar-refractivity contribution in [2.24, 2.45) is 0 Å². The molecule has 2 aliphatic heterocycles. The topological polar surface area (TPSA) is 36.9 Å². The van der Waals surface area contributed by atoms with Crippen LogP contribution in [0.1, 0.15) is 0 Å². The molecule has 0 N–H and O–H groups in total. The second-order valence-corrected chi connectivity index (χ2v) is 5.93. The summed E-state index contributed by atoms with van der Waals surface area (Å²) in [6.45, 7) is 4.55. The normalized spacial score (nSPS) is 32.8. The minimum absolute atomic E-state index is 0.322. The fraction of sp³-hybridized carbons (Fsp3) is 1.00. The Bertz CT molecular complexity index is 149. The van der Waals surface area contributed by atoms with Crippen molar-refractivity contribution >= 4 is 15.0 Å². The van der Waals surface area contributed by atoms with Crippen molar-refractivity contribution in [2.75, 3.05) is 39.6 Å². The SMILES string of the molecule is C1COC(C[Se]CC2COCCO2)CO1. The van der Waals surface area contributed by atoms with Crippen LogP contribution in [-0.4, -0.2) is 66.8 Å². The van der Waals surface area contributed by atoms with Crippen molar-refractivity contribution < 1.29 is 18.9 Å². The van der Waals surface area contributed by atoms with Gasteiger partial charge in [0.05, 0.1) is 0 Å². The number of rotatable bonds is 4. The molecular weight excluding hydrogens is 263 g/mol. The zero-order valence-corrected chi connectivity index (χ0v) is 10.6. The van der Waals surface area contributed by atoms with Crippen LogP contribution in [0, 0.1) is 0 Å². The van der Waals surface area contributed by atoms with Crippen LogP contribution < -0.4 is 0 Å². The summed E-state index contributed by atoms with van der Waals surface area (Å²) in [5, 5.41) is 2.26. The molecule has 0 saturated carbocycles. The van der Waals surface area contributed by atoms with E-state index in [0.717, 1.165) is 50.3 Å². The van der Waals surface area contributed by atoms with E-state index < -0.39 is 0 Å². The molecule has 2 aliphatic rings. The molecule has 0 amide bonds. The molecule has 2 saturated heterocycles. The maximum absolute atomic E-state index is 5.59. The summed E-state index contributed by atoms with van der Waals surface area (Å²) in [5.74, 6) is 0. The van der Waals surface area contributed by atoms with E-state index in [-0.39, 0.29) is 0 Å². The molecule has 2 atom stereocenters. The second-order valence-electron chi connectivity index (χ2n) is 3.67. The van der Waals surface area contributed by atoms with E-state index in [1.165, 1.54) is 0 Å². The molecule has 0 radical (unpaired) electrons. The van der Waals surface area contributed by atoms with Gasteiger partial charge in [-0.1, -0.05) is 0 Å². The van der Waals surface area contributed by atoms with Crippen LogP contribution >= 0.6 is 0 Å². The predicted molar refractivity (Wildman–Crippen MR) is 56.5 cm³/mol.